The van der Waals surface area contributed by atoms with Gasteiger partial charge in [-0.15, -0.1) is 11.3 Å². The van der Waals surface area contributed by atoms with Crippen LogP contribution in [0.2, 0.25) is 10.0 Å². The molecule has 0 radical (unpaired) electrons. The van der Waals surface area contributed by atoms with Crippen LogP contribution in [0.1, 0.15) is 24.3 Å². The van der Waals surface area contributed by atoms with Gasteiger partial charge >= 0.3 is 0 Å². The van der Waals surface area contributed by atoms with Crippen molar-refractivity contribution in [3.05, 3.63) is 44.9 Å². The van der Waals surface area contributed by atoms with E-state index in [1.54, 1.807) is 12.3 Å². The first kappa shape index (κ1) is 19.6. The molecule has 5 nitrogen and oxygen atoms in total. The van der Waals surface area contributed by atoms with Crippen molar-refractivity contribution in [1.82, 2.24) is 9.88 Å². The lowest BCUT2D eigenvalue weighted by molar-refractivity contribution is -0.121. The summed E-state index contributed by atoms with van der Waals surface area (Å²) in [6.07, 6.45) is 2.73. The number of nitrogens with one attached hydrogen (secondary N) is 1. The van der Waals surface area contributed by atoms with E-state index in [9.17, 15) is 4.79 Å². The molecule has 0 aliphatic carbocycles. The number of carbonyl (C=O) groups is 1. The largest absolute Gasteiger partial charge is 0.373 e. The van der Waals surface area contributed by atoms with Crippen LogP contribution in [0.4, 0.5) is 5.13 Å². The molecule has 1 aromatic carbocycles. The van der Waals surface area contributed by atoms with Crippen LogP contribution in [0.3, 0.4) is 0 Å². The topological polar surface area (TPSA) is 54.5 Å². The van der Waals surface area contributed by atoms with Crippen molar-refractivity contribution in [3.8, 4) is 0 Å². The second-order valence-corrected chi connectivity index (χ2v) is 8.57. The van der Waals surface area contributed by atoms with Crippen molar-refractivity contribution in [1.29, 1.82) is 0 Å². The summed E-state index contributed by atoms with van der Waals surface area (Å²) in [5.41, 5.74) is 1.01. The molecule has 26 heavy (non-hydrogen) atoms. The van der Waals surface area contributed by atoms with Gasteiger partial charge in [0.15, 0.2) is 5.13 Å². The highest BCUT2D eigenvalue weighted by Gasteiger charge is 2.23. The maximum Gasteiger partial charge on any atom is 0.240 e. The van der Waals surface area contributed by atoms with Gasteiger partial charge in [0.2, 0.25) is 5.91 Å². The Morgan fingerprint density at radius 3 is 2.58 bits per heavy atom. The van der Waals surface area contributed by atoms with E-state index in [4.69, 9.17) is 27.9 Å². The van der Waals surface area contributed by atoms with E-state index in [0.717, 1.165) is 23.5 Å². The molecule has 2 heterocycles. The molecule has 0 spiro atoms. The number of carbonyl (C=O) groups excluding carboxylic acids is 1. The summed E-state index contributed by atoms with van der Waals surface area (Å²) in [7, 11) is 0. The first-order valence-electron chi connectivity index (χ1n) is 8.44. The predicted octanol–water partition coefficient (Wildman–Crippen LogP) is 4.09. The lowest BCUT2D eigenvalue weighted by atomic mass is 10.1. The number of amides is 1. The minimum Gasteiger partial charge on any atom is -0.373 e. The van der Waals surface area contributed by atoms with E-state index in [1.165, 1.54) is 11.3 Å². The van der Waals surface area contributed by atoms with E-state index >= 15 is 0 Å². The Bertz CT molecular complexity index is 753. The molecule has 8 heteroatoms. The first-order valence-corrected chi connectivity index (χ1v) is 10.0. The number of hydrogen-bond acceptors (Lipinski definition) is 5. The number of thiazole rings is 1. The fourth-order valence-electron chi connectivity index (χ4n) is 3.14. The highest BCUT2D eigenvalue weighted by Crippen LogP contribution is 2.25. The molecule has 3 rings (SSSR count). The molecule has 1 aromatic heterocycles. The zero-order valence-electron chi connectivity index (χ0n) is 14.7. The van der Waals surface area contributed by atoms with E-state index in [0.29, 0.717) is 28.1 Å². The minimum absolute atomic E-state index is 0.0574. The average Bonchev–Trinajstić information content (AvgIpc) is 2.91. The molecule has 1 saturated heterocycles. The highest BCUT2D eigenvalue weighted by atomic mass is 35.5. The number of rotatable bonds is 5. The lowest BCUT2D eigenvalue weighted by Crippen LogP contribution is -2.48. The second-order valence-electron chi connectivity index (χ2n) is 6.59. The molecule has 2 atom stereocenters. The Hall–Kier alpha value is -1.18. The zero-order chi connectivity index (χ0) is 18.7. The summed E-state index contributed by atoms with van der Waals surface area (Å²) in [4.78, 5) is 19.7. The molecular weight excluding hydrogens is 393 g/mol. The van der Waals surface area contributed by atoms with Gasteiger partial charge in [-0.05, 0) is 37.6 Å². The number of nitrogens with zero attached hydrogens (tertiary/aromatic N) is 2. The van der Waals surface area contributed by atoms with Crippen molar-refractivity contribution in [2.45, 2.75) is 32.5 Å². The average molecular weight is 414 g/mol. The van der Waals surface area contributed by atoms with Gasteiger partial charge in [-0.2, -0.15) is 0 Å². The van der Waals surface area contributed by atoms with Crippen molar-refractivity contribution >= 4 is 45.6 Å². The summed E-state index contributed by atoms with van der Waals surface area (Å²) in [6, 6.07) is 5.47. The monoisotopic (exact) mass is 413 g/mol. The number of anilines is 1. The Morgan fingerprint density at radius 1 is 1.27 bits per heavy atom. The molecule has 1 aliphatic rings. The summed E-state index contributed by atoms with van der Waals surface area (Å²) in [5, 5.41) is 4.71. The maximum absolute atomic E-state index is 12.3. The molecule has 0 saturated carbocycles. The molecule has 1 amide bonds. The summed E-state index contributed by atoms with van der Waals surface area (Å²) < 4.78 is 5.69. The van der Waals surface area contributed by atoms with Gasteiger partial charge in [0.05, 0.1) is 18.8 Å². The lowest BCUT2D eigenvalue weighted by Gasteiger charge is -2.34. The number of hydrogen-bond donors (Lipinski definition) is 1. The van der Waals surface area contributed by atoms with Gasteiger partial charge < -0.3 is 10.1 Å². The zero-order valence-corrected chi connectivity index (χ0v) is 17.0. The number of morpholine rings is 1. The number of benzene rings is 1. The fraction of sp³-hybridized carbons (Fsp3) is 0.444. The van der Waals surface area contributed by atoms with Gasteiger partial charge in [0.25, 0.3) is 0 Å². The van der Waals surface area contributed by atoms with Gasteiger partial charge in [-0.3, -0.25) is 9.69 Å². The standard InChI is InChI=1S/C18H21Cl2N3O2S/c1-11-8-23(9-12(2)25-11)10-17(24)22-18-21-7-16(26-18)5-13-3-14(19)6-15(20)4-13/h3-4,6-7,11-12H,5,8-10H2,1-2H3,(H,21,22,24). The predicted molar refractivity (Wildman–Crippen MR) is 106 cm³/mol. The van der Waals surface area contributed by atoms with Crippen LogP contribution >= 0.6 is 34.5 Å². The first-order chi connectivity index (χ1) is 12.4. The van der Waals surface area contributed by atoms with Crippen LogP contribution in [-0.4, -0.2) is 47.6 Å². The fourth-order valence-corrected chi connectivity index (χ4v) is 4.57. The SMILES string of the molecule is CC1CN(CC(=O)Nc2ncc(Cc3cc(Cl)cc(Cl)c3)s2)CC(C)O1. The molecule has 1 fully saturated rings. The number of ether oxygens (including phenoxy) is 1. The third-order valence-electron chi connectivity index (χ3n) is 3.96. The molecule has 1 N–H and O–H groups in total. The van der Waals surface area contributed by atoms with E-state index in [-0.39, 0.29) is 18.1 Å². The third kappa shape index (κ3) is 5.66. The molecular formula is C18H21Cl2N3O2S. The Labute approximate surface area is 167 Å². The van der Waals surface area contributed by atoms with Gasteiger partial charge in [-0.25, -0.2) is 4.98 Å². The van der Waals surface area contributed by atoms with Crippen LogP contribution in [0, 0.1) is 0 Å². The third-order valence-corrected chi connectivity index (χ3v) is 5.31. The normalized spacial score (nSPS) is 20.9. The van der Waals surface area contributed by atoms with Crippen LogP contribution < -0.4 is 5.32 Å². The summed E-state index contributed by atoms with van der Waals surface area (Å²) in [6.45, 7) is 5.91. The Morgan fingerprint density at radius 2 is 1.92 bits per heavy atom. The Kier molecular flexibility index (Phi) is 6.53. The van der Waals surface area contributed by atoms with E-state index in [2.05, 4.69) is 15.2 Å². The summed E-state index contributed by atoms with van der Waals surface area (Å²) >= 11 is 13.5. The smallest absolute Gasteiger partial charge is 0.240 e. The van der Waals surface area contributed by atoms with Crippen LogP contribution in [0.15, 0.2) is 24.4 Å². The van der Waals surface area contributed by atoms with Gasteiger partial charge in [-0.1, -0.05) is 23.2 Å². The van der Waals surface area contributed by atoms with Gasteiger partial charge in [0.1, 0.15) is 0 Å². The minimum atomic E-state index is -0.0574. The second kappa shape index (κ2) is 8.67. The molecule has 140 valence electrons. The van der Waals surface area contributed by atoms with Crippen molar-refractivity contribution in [2.24, 2.45) is 0 Å². The van der Waals surface area contributed by atoms with Crippen molar-refractivity contribution < 1.29 is 9.53 Å². The highest BCUT2D eigenvalue weighted by molar-refractivity contribution is 7.15. The molecule has 0 bridgehead atoms. The van der Waals surface area contributed by atoms with Crippen LogP contribution in [0.25, 0.3) is 0 Å². The Balaban J connectivity index is 1.55. The van der Waals surface area contributed by atoms with E-state index in [1.807, 2.05) is 26.0 Å². The maximum atomic E-state index is 12.3. The van der Waals surface area contributed by atoms with E-state index < -0.39 is 0 Å². The van der Waals surface area contributed by atoms with Crippen molar-refractivity contribution in [3.63, 3.8) is 0 Å². The molecule has 2 unspecified atom stereocenters. The number of aromatic nitrogens is 1. The number of halogens is 2. The van der Waals surface area contributed by atoms with Crippen LogP contribution in [0.5, 0.6) is 0 Å². The van der Waals surface area contributed by atoms with Crippen molar-refractivity contribution in [2.75, 3.05) is 25.0 Å². The quantitative estimate of drug-likeness (QED) is 0.801. The van der Waals surface area contributed by atoms with Gasteiger partial charge in [0, 0.05) is 40.6 Å². The molecule has 2 aromatic rings. The summed E-state index contributed by atoms with van der Waals surface area (Å²) in [5.74, 6) is -0.0574. The molecule has 1 aliphatic heterocycles. The van der Waals surface area contributed by atoms with Crippen LogP contribution in [-0.2, 0) is 16.0 Å².